The van der Waals surface area contributed by atoms with Crippen LogP contribution in [0.25, 0.3) is 22.4 Å². The van der Waals surface area contributed by atoms with Crippen molar-refractivity contribution in [1.29, 1.82) is 5.26 Å². The highest BCUT2D eigenvalue weighted by Gasteiger charge is 2.16. The van der Waals surface area contributed by atoms with Gasteiger partial charge >= 0.3 is 0 Å². The first-order valence-corrected chi connectivity index (χ1v) is 8.68. The number of aryl methyl sites for hydroxylation is 1. The fourth-order valence-electron chi connectivity index (χ4n) is 3.01. The Morgan fingerprint density at radius 1 is 0.962 bits per heavy atom. The average Bonchev–Trinajstić information content (AvgIpc) is 2.60. The van der Waals surface area contributed by atoms with Gasteiger partial charge in [-0.25, -0.2) is 4.98 Å². The lowest BCUT2D eigenvalue weighted by Gasteiger charge is -2.19. The van der Waals surface area contributed by atoms with E-state index in [1.165, 1.54) is 5.56 Å². The van der Waals surface area contributed by atoms with Crippen molar-refractivity contribution in [3.63, 3.8) is 0 Å². The minimum Gasteiger partial charge on any atom is -0.383 e. The molecular formula is C23H23N3. The highest BCUT2D eigenvalue weighted by atomic mass is 14.8. The predicted molar refractivity (Wildman–Crippen MR) is 108 cm³/mol. The summed E-state index contributed by atoms with van der Waals surface area (Å²) in [6, 6.07) is 20.6. The molecule has 3 nitrogen and oxygen atoms in total. The van der Waals surface area contributed by atoms with Gasteiger partial charge < -0.3 is 5.73 Å². The molecule has 26 heavy (non-hydrogen) atoms. The molecule has 0 atom stereocenters. The second kappa shape index (κ2) is 6.65. The number of nitriles is 1. The molecule has 0 amide bonds. The van der Waals surface area contributed by atoms with E-state index in [2.05, 4.69) is 62.2 Å². The molecule has 130 valence electrons. The van der Waals surface area contributed by atoms with Crippen LogP contribution in [0, 0.1) is 18.3 Å². The quantitative estimate of drug-likeness (QED) is 0.671. The number of nitrogens with zero attached hydrogens (tertiary/aromatic N) is 2. The Morgan fingerprint density at radius 2 is 1.65 bits per heavy atom. The molecule has 0 aliphatic carbocycles. The molecule has 2 N–H and O–H groups in total. The van der Waals surface area contributed by atoms with Crippen molar-refractivity contribution >= 4 is 5.82 Å². The molecule has 0 aliphatic rings. The van der Waals surface area contributed by atoms with Gasteiger partial charge in [0.05, 0.1) is 5.69 Å². The maximum absolute atomic E-state index is 9.58. The standard InChI is InChI=1S/C23H23N3/c1-15-6-5-7-17(12-15)21-13-19(20(14-24)22(25)26-21)16-8-10-18(11-9-16)23(2,3)4/h5-13H,1-4H3,(H2,25,26). The molecule has 3 rings (SSSR count). The van der Waals surface area contributed by atoms with Gasteiger partial charge in [0.15, 0.2) is 0 Å². The predicted octanol–water partition coefficient (Wildman–Crippen LogP) is 5.48. The number of anilines is 1. The SMILES string of the molecule is Cc1cccc(-c2cc(-c3ccc(C(C)(C)C)cc3)c(C#N)c(N)n2)c1. The Balaban J connectivity index is 2.16. The number of benzene rings is 2. The highest BCUT2D eigenvalue weighted by molar-refractivity contribution is 5.80. The Hall–Kier alpha value is -3.12. The lowest BCUT2D eigenvalue weighted by Crippen LogP contribution is -2.10. The second-order valence-corrected chi connectivity index (χ2v) is 7.62. The Morgan fingerprint density at radius 3 is 2.23 bits per heavy atom. The Kier molecular flexibility index (Phi) is 4.52. The molecule has 3 aromatic rings. The number of pyridine rings is 1. The lowest BCUT2D eigenvalue weighted by molar-refractivity contribution is 0.590. The maximum atomic E-state index is 9.58. The van der Waals surface area contributed by atoms with Gasteiger partial charge in [0, 0.05) is 11.1 Å². The minimum atomic E-state index is 0.0839. The number of nitrogens with two attached hydrogens (primary N) is 1. The molecule has 3 heteroatoms. The molecule has 0 bridgehead atoms. The summed E-state index contributed by atoms with van der Waals surface area (Å²) in [5.74, 6) is 0.265. The van der Waals surface area contributed by atoms with Crippen molar-refractivity contribution in [3.8, 4) is 28.5 Å². The maximum Gasteiger partial charge on any atom is 0.142 e. The topological polar surface area (TPSA) is 62.7 Å². The van der Waals surface area contributed by atoms with Crippen LogP contribution in [0.4, 0.5) is 5.82 Å². The van der Waals surface area contributed by atoms with E-state index >= 15 is 0 Å². The molecule has 0 fully saturated rings. The zero-order valence-electron chi connectivity index (χ0n) is 15.7. The summed E-state index contributed by atoms with van der Waals surface area (Å²) in [4.78, 5) is 4.45. The third-order valence-electron chi connectivity index (χ3n) is 4.54. The van der Waals surface area contributed by atoms with Crippen molar-refractivity contribution < 1.29 is 0 Å². The van der Waals surface area contributed by atoms with Crippen LogP contribution >= 0.6 is 0 Å². The van der Waals surface area contributed by atoms with Gasteiger partial charge in [-0.05, 0) is 35.6 Å². The van der Waals surface area contributed by atoms with Gasteiger partial charge in [-0.3, -0.25) is 0 Å². The van der Waals surface area contributed by atoms with E-state index in [4.69, 9.17) is 5.73 Å². The minimum absolute atomic E-state index is 0.0839. The first kappa shape index (κ1) is 17.7. The first-order valence-electron chi connectivity index (χ1n) is 8.68. The molecule has 0 aliphatic heterocycles. The van der Waals surface area contributed by atoms with Crippen LogP contribution in [0.1, 0.15) is 37.5 Å². The van der Waals surface area contributed by atoms with Crippen LogP contribution in [0.5, 0.6) is 0 Å². The fourth-order valence-corrected chi connectivity index (χ4v) is 3.01. The molecule has 0 spiro atoms. The number of nitrogen functional groups attached to an aromatic ring is 1. The van der Waals surface area contributed by atoms with Crippen LogP contribution in [-0.4, -0.2) is 4.98 Å². The molecule has 0 unspecified atom stereocenters. The van der Waals surface area contributed by atoms with Gasteiger partial charge in [0.1, 0.15) is 17.5 Å². The van der Waals surface area contributed by atoms with Crippen molar-refractivity contribution in [2.24, 2.45) is 0 Å². The molecule has 1 heterocycles. The summed E-state index contributed by atoms with van der Waals surface area (Å²) in [6.07, 6.45) is 0. The normalized spacial score (nSPS) is 11.2. The smallest absolute Gasteiger partial charge is 0.142 e. The highest BCUT2D eigenvalue weighted by Crippen LogP contribution is 2.33. The molecule has 2 aromatic carbocycles. The number of hydrogen-bond acceptors (Lipinski definition) is 3. The van der Waals surface area contributed by atoms with E-state index in [1.54, 1.807) is 0 Å². The van der Waals surface area contributed by atoms with Gasteiger partial charge in [0.25, 0.3) is 0 Å². The van der Waals surface area contributed by atoms with Crippen LogP contribution in [0.3, 0.4) is 0 Å². The van der Waals surface area contributed by atoms with E-state index in [1.807, 2.05) is 31.2 Å². The average molecular weight is 341 g/mol. The number of hydrogen-bond donors (Lipinski definition) is 1. The van der Waals surface area contributed by atoms with Crippen molar-refractivity contribution in [2.45, 2.75) is 33.1 Å². The monoisotopic (exact) mass is 341 g/mol. The fraction of sp³-hybridized carbons (Fsp3) is 0.217. The first-order chi connectivity index (χ1) is 12.3. The van der Waals surface area contributed by atoms with Gasteiger partial charge in [0.2, 0.25) is 0 Å². The van der Waals surface area contributed by atoms with Crippen molar-refractivity contribution in [2.75, 3.05) is 5.73 Å². The zero-order chi connectivity index (χ0) is 18.9. The third kappa shape index (κ3) is 3.45. The second-order valence-electron chi connectivity index (χ2n) is 7.62. The van der Waals surface area contributed by atoms with Crippen molar-refractivity contribution in [3.05, 3.63) is 71.3 Å². The molecule has 0 saturated carbocycles. The summed E-state index contributed by atoms with van der Waals surface area (Å²) in [7, 11) is 0. The van der Waals surface area contributed by atoms with Gasteiger partial charge in [-0.1, -0.05) is 68.8 Å². The van der Waals surface area contributed by atoms with Crippen LogP contribution in [0.15, 0.2) is 54.6 Å². The summed E-state index contributed by atoms with van der Waals surface area (Å²) < 4.78 is 0. The molecule has 1 aromatic heterocycles. The Labute approximate surface area is 155 Å². The number of rotatable bonds is 2. The largest absolute Gasteiger partial charge is 0.383 e. The summed E-state index contributed by atoms with van der Waals surface area (Å²) >= 11 is 0. The van der Waals surface area contributed by atoms with Gasteiger partial charge in [-0.15, -0.1) is 0 Å². The van der Waals surface area contributed by atoms with Crippen LogP contribution < -0.4 is 5.73 Å². The van der Waals surface area contributed by atoms with E-state index in [-0.39, 0.29) is 11.2 Å². The van der Waals surface area contributed by atoms with E-state index in [9.17, 15) is 5.26 Å². The summed E-state index contributed by atoms with van der Waals surface area (Å²) in [5.41, 5.74) is 12.6. The molecule has 0 radical (unpaired) electrons. The summed E-state index contributed by atoms with van der Waals surface area (Å²) in [6.45, 7) is 8.59. The van der Waals surface area contributed by atoms with Crippen molar-refractivity contribution in [1.82, 2.24) is 4.98 Å². The van der Waals surface area contributed by atoms with Crippen LogP contribution in [-0.2, 0) is 5.41 Å². The van der Waals surface area contributed by atoms with Gasteiger partial charge in [-0.2, -0.15) is 5.26 Å². The van der Waals surface area contributed by atoms with E-state index in [0.29, 0.717) is 5.56 Å². The summed E-state index contributed by atoms with van der Waals surface area (Å²) in [5, 5.41) is 9.58. The third-order valence-corrected chi connectivity index (χ3v) is 4.54. The number of aromatic nitrogens is 1. The van der Waals surface area contributed by atoms with E-state index < -0.39 is 0 Å². The molecule has 0 saturated heterocycles. The lowest BCUT2D eigenvalue weighted by atomic mass is 9.86. The van der Waals surface area contributed by atoms with E-state index in [0.717, 1.165) is 27.9 Å². The Bertz CT molecular complexity index is 987. The van der Waals surface area contributed by atoms with Crippen LogP contribution in [0.2, 0.25) is 0 Å². The zero-order valence-corrected chi connectivity index (χ0v) is 15.7. The molecular weight excluding hydrogens is 318 g/mol.